The van der Waals surface area contributed by atoms with Crippen LogP contribution in [0, 0.1) is 0 Å². The van der Waals surface area contributed by atoms with Crippen molar-refractivity contribution in [3.8, 4) is 0 Å². The van der Waals surface area contributed by atoms with Crippen LogP contribution in [0.2, 0.25) is 0 Å². The number of carboxylic acid groups (broad SMARTS) is 1. The molecule has 130 valence electrons. The number of rotatable bonds is 12. The van der Waals surface area contributed by atoms with Crippen molar-refractivity contribution in [2.24, 2.45) is 0 Å². The summed E-state index contributed by atoms with van der Waals surface area (Å²) < 4.78 is 4.57. The molecule has 1 aromatic carbocycles. The largest absolute Gasteiger partial charge is 0.481 e. The minimum absolute atomic E-state index is 0.0118. The molecular weight excluding hydrogens is 316 g/mol. The van der Waals surface area contributed by atoms with Crippen LogP contribution in [0.15, 0.2) is 24.3 Å². The molecule has 0 radical (unpaired) electrons. The highest BCUT2D eigenvalue weighted by Gasteiger charge is 2.10. The molecule has 0 fully saturated rings. The van der Waals surface area contributed by atoms with Gasteiger partial charge in [-0.1, -0.05) is 6.07 Å². The summed E-state index contributed by atoms with van der Waals surface area (Å²) in [6.07, 6.45) is 1.45. The summed E-state index contributed by atoms with van der Waals surface area (Å²) in [4.78, 5) is 45.1. The fourth-order valence-corrected chi connectivity index (χ4v) is 1.98. The Bertz CT molecular complexity index is 575. The van der Waals surface area contributed by atoms with Gasteiger partial charge in [-0.25, -0.2) is 0 Å². The second-order valence-corrected chi connectivity index (χ2v) is 4.92. The highest BCUT2D eigenvalue weighted by atomic mass is 16.5. The molecule has 0 aliphatic carbocycles. The Labute approximate surface area is 139 Å². The number of ether oxygens (including phenoxy) is 1. The smallest absolute Gasteiger partial charge is 0.303 e. The molecule has 0 aliphatic rings. The highest BCUT2D eigenvalue weighted by Crippen LogP contribution is 2.15. The zero-order valence-corrected chi connectivity index (χ0v) is 13.1. The lowest BCUT2D eigenvalue weighted by Crippen LogP contribution is -2.26. The van der Waals surface area contributed by atoms with E-state index in [1.807, 2.05) is 0 Å². The molecule has 0 heterocycles. The summed E-state index contributed by atoms with van der Waals surface area (Å²) in [5.41, 5.74) is 0.924. The number of carbonyl (C=O) groups excluding carboxylic acids is 3. The minimum Gasteiger partial charge on any atom is -0.481 e. The number of carboxylic acids is 1. The number of nitrogens with one attached hydrogen (secondary N) is 1. The van der Waals surface area contributed by atoms with Crippen molar-refractivity contribution in [3.05, 3.63) is 29.8 Å². The first-order valence-electron chi connectivity index (χ1n) is 7.45. The van der Waals surface area contributed by atoms with Gasteiger partial charge >= 0.3 is 5.97 Å². The van der Waals surface area contributed by atoms with Crippen LogP contribution in [0.1, 0.15) is 29.6 Å². The minimum atomic E-state index is -0.911. The van der Waals surface area contributed by atoms with E-state index in [-0.39, 0.29) is 25.5 Å². The maximum Gasteiger partial charge on any atom is 0.303 e. The van der Waals surface area contributed by atoms with Crippen LogP contribution in [0.3, 0.4) is 0 Å². The normalized spacial score (nSPS) is 9.83. The Morgan fingerprint density at radius 2 is 2.04 bits per heavy atom. The Morgan fingerprint density at radius 3 is 2.71 bits per heavy atom. The number of aliphatic carboxylic acids is 1. The average Bonchev–Trinajstić information content (AvgIpc) is 2.58. The quantitative estimate of drug-likeness (QED) is 0.431. The van der Waals surface area contributed by atoms with Gasteiger partial charge in [0.25, 0.3) is 12.4 Å². The van der Waals surface area contributed by atoms with E-state index in [9.17, 15) is 19.2 Å². The third kappa shape index (κ3) is 6.91. The molecule has 0 bridgehead atoms. The molecule has 2 amide bonds. The van der Waals surface area contributed by atoms with Gasteiger partial charge in [0.05, 0.1) is 6.61 Å². The lowest BCUT2D eigenvalue weighted by Gasteiger charge is -2.18. The number of carbonyl (C=O) groups is 4. The van der Waals surface area contributed by atoms with Crippen LogP contribution < -0.4 is 10.2 Å². The van der Waals surface area contributed by atoms with Crippen LogP contribution in [0.5, 0.6) is 0 Å². The van der Waals surface area contributed by atoms with Crippen molar-refractivity contribution in [1.29, 1.82) is 0 Å². The van der Waals surface area contributed by atoms with E-state index in [4.69, 9.17) is 5.11 Å². The van der Waals surface area contributed by atoms with Crippen LogP contribution in [-0.2, 0) is 19.1 Å². The van der Waals surface area contributed by atoms with Gasteiger partial charge in [-0.3, -0.25) is 19.2 Å². The van der Waals surface area contributed by atoms with E-state index in [2.05, 4.69) is 10.1 Å². The molecule has 1 aromatic rings. The molecule has 0 atom stereocenters. The molecule has 0 saturated heterocycles. The fraction of sp³-hybridized carbons (Fsp3) is 0.375. The monoisotopic (exact) mass is 336 g/mol. The topological polar surface area (TPSA) is 113 Å². The molecule has 1 rings (SSSR count). The third-order valence-electron chi connectivity index (χ3n) is 3.15. The van der Waals surface area contributed by atoms with Gasteiger partial charge < -0.3 is 20.1 Å². The Balaban J connectivity index is 2.59. The molecule has 0 aliphatic heterocycles. The molecule has 0 spiro atoms. The van der Waals surface area contributed by atoms with E-state index in [0.29, 0.717) is 43.5 Å². The van der Waals surface area contributed by atoms with Gasteiger partial charge in [0.1, 0.15) is 0 Å². The van der Waals surface area contributed by atoms with E-state index < -0.39 is 5.97 Å². The van der Waals surface area contributed by atoms with Gasteiger partial charge in [0.15, 0.2) is 0 Å². The van der Waals surface area contributed by atoms with Gasteiger partial charge in [0, 0.05) is 30.8 Å². The van der Waals surface area contributed by atoms with Gasteiger partial charge in [-0.2, -0.15) is 0 Å². The van der Waals surface area contributed by atoms with E-state index in [1.54, 1.807) is 24.3 Å². The molecule has 8 nitrogen and oxygen atoms in total. The standard InChI is InChI=1S/C16H20N2O6/c19-11-18(8-3-9-24-12-20)14-5-1-4-13(10-14)16(23)17-7-2-6-15(21)22/h1,4-5,10-12H,2-3,6-9H2,(H,17,23)(H,21,22). The number of amides is 2. The van der Waals surface area contributed by atoms with Crippen LogP contribution >= 0.6 is 0 Å². The predicted octanol–water partition coefficient (Wildman–Crippen LogP) is 0.807. The number of anilines is 1. The molecule has 8 heteroatoms. The second kappa shape index (κ2) is 10.8. The van der Waals surface area contributed by atoms with E-state index >= 15 is 0 Å². The Morgan fingerprint density at radius 1 is 1.25 bits per heavy atom. The molecule has 0 aromatic heterocycles. The number of hydrogen-bond donors (Lipinski definition) is 2. The number of nitrogens with zero attached hydrogens (tertiary/aromatic N) is 1. The zero-order valence-electron chi connectivity index (χ0n) is 13.1. The SMILES string of the molecule is O=COCCCN(C=O)c1cccc(C(=O)NCCCC(=O)O)c1. The first-order valence-corrected chi connectivity index (χ1v) is 7.45. The zero-order chi connectivity index (χ0) is 17.8. The predicted molar refractivity (Wildman–Crippen MR) is 85.7 cm³/mol. The van der Waals surface area contributed by atoms with Crippen molar-refractivity contribution in [3.63, 3.8) is 0 Å². The summed E-state index contributed by atoms with van der Waals surface area (Å²) in [7, 11) is 0. The van der Waals surface area contributed by atoms with E-state index in [1.165, 1.54) is 4.90 Å². The summed E-state index contributed by atoms with van der Waals surface area (Å²) >= 11 is 0. The maximum atomic E-state index is 12.0. The van der Waals surface area contributed by atoms with Crippen molar-refractivity contribution in [2.75, 3.05) is 24.6 Å². The van der Waals surface area contributed by atoms with E-state index in [0.717, 1.165) is 0 Å². The lowest BCUT2D eigenvalue weighted by molar-refractivity contribution is -0.137. The Hall–Kier alpha value is -2.90. The molecule has 2 N–H and O–H groups in total. The van der Waals surface area contributed by atoms with Crippen molar-refractivity contribution >= 4 is 30.4 Å². The second-order valence-electron chi connectivity index (χ2n) is 4.92. The molecule has 24 heavy (non-hydrogen) atoms. The fourth-order valence-electron chi connectivity index (χ4n) is 1.98. The summed E-state index contributed by atoms with van der Waals surface area (Å²) in [5, 5.41) is 11.2. The van der Waals surface area contributed by atoms with Crippen LogP contribution in [-0.4, -0.2) is 49.6 Å². The Kier molecular flexibility index (Phi) is 8.59. The lowest BCUT2D eigenvalue weighted by atomic mass is 10.1. The first-order chi connectivity index (χ1) is 11.6. The maximum absolute atomic E-state index is 12.0. The van der Waals surface area contributed by atoms with Crippen LogP contribution in [0.25, 0.3) is 0 Å². The van der Waals surface area contributed by atoms with Crippen molar-refractivity contribution in [1.82, 2.24) is 5.32 Å². The molecular formula is C16H20N2O6. The highest BCUT2D eigenvalue weighted by molar-refractivity contribution is 5.95. The van der Waals surface area contributed by atoms with Gasteiger partial charge in [-0.15, -0.1) is 0 Å². The molecule has 0 unspecified atom stereocenters. The summed E-state index contributed by atoms with van der Waals surface area (Å²) in [5.74, 6) is -1.25. The van der Waals surface area contributed by atoms with Crippen LogP contribution in [0.4, 0.5) is 5.69 Å². The van der Waals surface area contributed by atoms with Crippen molar-refractivity contribution in [2.45, 2.75) is 19.3 Å². The summed E-state index contributed by atoms with van der Waals surface area (Å²) in [6.45, 7) is 1.16. The number of hydrogen-bond acceptors (Lipinski definition) is 5. The molecule has 0 saturated carbocycles. The first kappa shape index (κ1) is 19.1. The van der Waals surface area contributed by atoms with Crippen molar-refractivity contribution < 1.29 is 29.0 Å². The summed E-state index contributed by atoms with van der Waals surface area (Å²) in [6, 6.07) is 6.52. The van der Waals surface area contributed by atoms with Gasteiger partial charge in [0.2, 0.25) is 6.41 Å². The third-order valence-corrected chi connectivity index (χ3v) is 3.15. The van der Waals surface area contributed by atoms with Gasteiger partial charge in [-0.05, 0) is 31.0 Å². The number of benzene rings is 1. The average molecular weight is 336 g/mol.